The first kappa shape index (κ1) is 15.1. The van der Waals surface area contributed by atoms with E-state index in [1.54, 1.807) is 11.3 Å². The molecule has 4 aromatic rings. The van der Waals surface area contributed by atoms with Crippen molar-refractivity contribution in [3.05, 3.63) is 53.6 Å². The largest absolute Gasteiger partial charge is 0.324 e. The highest BCUT2D eigenvalue weighted by molar-refractivity contribution is 7.29. The van der Waals surface area contributed by atoms with Gasteiger partial charge in [0.2, 0.25) is 0 Å². The number of fused-ring (bicyclic) bond motifs is 3. The van der Waals surface area contributed by atoms with Crippen molar-refractivity contribution in [1.82, 2.24) is 4.37 Å². The van der Waals surface area contributed by atoms with Crippen LogP contribution >= 0.6 is 22.9 Å². The third-order valence-corrected chi connectivity index (χ3v) is 5.84. The van der Waals surface area contributed by atoms with Gasteiger partial charge in [-0.15, -0.1) is 11.3 Å². The second kappa shape index (κ2) is 5.89. The van der Waals surface area contributed by atoms with Gasteiger partial charge in [0.05, 0.1) is 4.70 Å². The predicted octanol–water partition coefficient (Wildman–Crippen LogP) is 5.77. The molecule has 0 aliphatic rings. The number of rotatable bonds is 2. The molecule has 120 valence electrons. The molecule has 4 nitrogen and oxygen atoms in total. The van der Waals surface area contributed by atoms with E-state index in [2.05, 4.69) is 41.0 Å². The van der Waals surface area contributed by atoms with Gasteiger partial charge in [-0.3, -0.25) is 5.32 Å². The number of nitrogens with one attached hydrogen (secondary N) is 2. The van der Waals surface area contributed by atoms with Gasteiger partial charge in [-0.05, 0) is 54.7 Å². The third-order valence-electron chi connectivity index (χ3n) is 3.80. The van der Waals surface area contributed by atoms with Gasteiger partial charge in [-0.2, -0.15) is 4.37 Å². The number of amides is 2. The van der Waals surface area contributed by atoms with E-state index in [-0.39, 0.29) is 6.03 Å². The molecular weight excluding hydrogens is 338 g/mol. The van der Waals surface area contributed by atoms with Gasteiger partial charge in [0.15, 0.2) is 0 Å². The van der Waals surface area contributed by atoms with Crippen molar-refractivity contribution >= 4 is 59.9 Å². The van der Waals surface area contributed by atoms with Crippen LogP contribution in [-0.2, 0) is 0 Å². The first-order chi connectivity index (χ1) is 11.6. The van der Waals surface area contributed by atoms with Crippen molar-refractivity contribution in [2.24, 2.45) is 0 Å². The number of aromatic nitrogens is 1. The van der Waals surface area contributed by atoms with Crippen LogP contribution in [0.25, 0.3) is 20.3 Å². The minimum absolute atomic E-state index is 0.253. The monoisotopic (exact) mass is 353 g/mol. The second-order valence-electron chi connectivity index (χ2n) is 5.69. The Bertz CT molecular complexity index is 1050. The number of hydrogen-bond donors (Lipinski definition) is 2. The summed E-state index contributed by atoms with van der Waals surface area (Å²) in [6, 6.07) is 13.5. The molecule has 2 heterocycles. The Balaban J connectivity index is 1.67. The zero-order valence-corrected chi connectivity index (χ0v) is 14.8. The van der Waals surface area contributed by atoms with Gasteiger partial charge in [0.1, 0.15) is 10.5 Å². The predicted molar refractivity (Wildman–Crippen MR) is 104 cm³/mol. The summed E-state index contributed by atoms with van der Waals surface area (Å²) in [5.41, 5.74) is 4.21. The van der Waals surface area contributed by atoms with E-state index in [1.807, 2.05) is 30.3 Å². The van der Waals surface area contributed by atoms with Gasteiger partial charge in [-0.25, -0.2) is 4.79 Å². The normalized spacial score (nSPS) is 11.1. The van der Waals surface area contributed by atoms with Crippen molar-refractivity contribution in [2.75, 3.05) is 10.6 Å². The Hall–Kier alpha value is -2.44. The Morgan fingerprint density at radius 3 is 2.67 bits per heavy atom. The van der Waals surface area contributed by atoms with E-state index < -0.39 is 0 Å². The van der Waals surface area contributed by atoms with Crippen molar-refractivity contribution < 1.29 is 4.79 Å². The minimum atomic E-state index is -0.253. The number of nitrogens with zero attached hydrogens (tertiary/aromatic N) is 1. The Morgan fingerprint density at radius 2 is 1.88 bits per heavy atom. The quantitative estimate of drug-likeness (QED) is 0.480. The van der Waals surface area contributed by atoms with E-state index in [0.717, 1.165) is 20.9 Å². The molecule has 0 fully saturated rings. The molecule has 0 saturated carbocycles. The van der Waals surface area contributed by atoms with Crippen LogP contribution < -0.4 is 10.6 Å². The minimum Gasteiger partial charge on any atom is -0.308 e. The Morgan fingerprint density at radius 1 is 1.08 bits per heavy atom. The van der Waals surface area contributed by atoms with Crippen LogP contribution in [0.15, 0.2) is 42.5 Å². The molecule has 4 rings (SSSR count). The summed E-state index contributed by atoms with van der Waals surface area (Å²) in [6.45, 7) is 4.20. The lowest BCUT2D eigenvalue weighted by Gasteiger charge is -2.05. The Kier molecular flexibility index (Phi) is 3.70. The average molecular weight is 353 g/mol. The van der Waals surface area contributed by atoms with E-state index in [9.17, 15) is 4.79 Å². The zero-order chi connectivity index (χ0) is 16.7. The number of aryl methyl sites for hydroxylation is 2. The van der Waals surface area contributed by atoms with Crippen molar-refractivity contribution in [3.8, 4) is 0 Å². The van der Waals surface area contributed by atoms with Gasteiger partial charge in [-0.1, -0.05) is 24.3 Å². The molecule has 0 bridgehead atoms. The van der Waals surface area contributed by atoms with Crippen LogP contribution in [0.1, 0.15) is 11.1 Å². The SMILES string of the molecule is Cc1cc(C)c2c(c1)sc1c(NC(=O)Nc3ccccc3)snc12. The summed E-state index contributed by atoms with van der Waals surface area (Å²) < 4.78 is 6.81. The lowest BCUT2D eigenvalue weighted by molar-refractivity contribution is 0.262. The zero-order valence-electron chi connectivity index (χ0n) is 13.2. The van der Waals surface area contributed by atoms with Crippen molar-refractivity contribution in [1.29, 1.82) is 0 Å². The highest BCUT2D eigenvalue weighted by Crippen LogP contribution is 2.41. The van der Waals surface area contributed by atoms with E-state index >= 15 is 0 Å². The lowest BCUT2D eigenvalue weighted by atomic mass is 10.1. The number of thiophene rings is 1. The summed E-state index contributed by atoms with van der Waals surface area (Å²) in [5, 5.41) is 7.73. The standard InChI is InChI=1S/C18H15N3OS2/c1-10-8-11(2)14-13(9-10)23-16-15(14)21-24-17(16)20-18(22)19-12-6-4-3-5-7-12/h3-9H,1-2H3,(H2,19,20,22). The molecule has 2 aromatic heterocycles. The average Bonchev–Trinajstić information content (AvgIpc) is 3.07. The van der Waals surface area contributed by atoms with Crippen LogP contribution in [0.3, 0.4) is 0 Å². The molecule has 6 heteroatoms. The number of urea groups is 1. The molecular formula is C18H15N3OS2. The number of hydrogen-bond acceptors (Lipinski definition) is 4. The molecule has 24 heavy (non-hydrogen) atoms. The summed E-state index contributed by atoms with van der Waals surface area (Å²) in [5.74, 6) is 0. The molecule has 0 atom stereocenters. The number of para-hydroxylation sites is 1. The summed E-state index contributed by atoms with van der Waals surface area (Å²) in [4.78, 5) is 12.2. The van der Waals surface area contributed by atoms with Gasteiger partial charge in [0.25, 0.3) is 0 Å². The van der Waals surface area contributed by atoms with Gasteiger partial charge < -0.3 is 5.32 Å². The molecule has 0 saturated heterocycles. The van der Waals surface area contributed by atoms with E-state index in [1.165, 1.54) is 32.7 Å². The van der Waals surface area contributed by atoms with Crippen molar-refractivity contribution in [2.45, 2.75) is 13.8 Å². The van der Waals surface area contributed by atoms with Crippen LogP contribution in [0.5, 0.6) is 0 Å². The summed E-state index contributed by atoms with van der Waals surface area (Å²) >= 11 is 3.00. The number of anilines is 2. The van der Waals surface area contributed by atoms with Crippen LogP contribution in [0, 0.1) is 13.8 Å². The van der Waals surface area contributed by atoms with Gasteiger partial charge in [0, 0.05) is 15.8 Å². The fourth-order valence-corrected chi connectivity index (χ4v) is 5.01. The van der Waals surface area contributed by atoms with Crippen LogP contribution in [0.4, 0.5) is 15.5 Å². The molecule has 0 unspecified atom stereocenters. The number of carbonyl (C=O) groups excluding carboxylic acids is 1. The maximum Gasteiger partial charge on any atom is 0.324 e. The topological polar surface area (TPSA) is 54.0 Å². The smallest absolute Gasteiger partial charge is 0.308 e. The maximum absolute atomic E-state index is 12.2. The summed E-state index contributed by atoms with van der Waals surface area (Å²) in [7, 11) is 0. The van der Waals surface area contributed by atoms with Crippen LogP contribution in [0.2, 0.25) is 0 Å². The third kappa shape index (κ3) is 2.64. The molecule has 0 aliphatic heterocycles. The molecule has 2 amide bonds. The molecule has 0 aliphatic carbocycles. The fraction of sp³-hybridized carbons (Fsp3) is 0.111. The van der Waals surface area contributed by atoms with Gasteiger partial charge >= 0.3 is 6.03 Å². The highest BCUT2D eigenvalue weighted by Gasteiger charge is 2.16. The highest BCUT2D eigenvalue weighted by atomic mass is 32.1. The number of carbonyl (C=O) groups is 1. The first-order valence-electron chi connectivity index (χ1n) is 7.54. The van der Waals surface area contributed by atoms with E-state index in [0.29, 0.717) is 0 Å². The molecule has 2 N–H and O–H groups in total. The molecule has 0 spiro atoms. The molecule has 0 radical (unpaired) electrons. The van der Waals surface area contributed by atoms with Crippen molar-refractivity contribution in [3.63, 3.8) is 0 Å². The van der Waals surface area contributed by atoms with Crippen LogP contribution in [-0.4, -0.2) is 10.4 Å². The maximum atomic E-state index is 12.2. The first-order valence-corrected chi connectivity index (χ1v) is 9.13. The van der Waals surface area contributed by atoms with E-state index in [4.69, 9.17) is 0 Å². The fourth-order valence-electron chi connectivity index (χ4n) is 2.82. The Labute approximate surface area is 147 Å². The summed E-state index contributed by atoms with van der Waals surface area (Å²) in [6.07, 6.45) is 0. The molecule has 2 aromatic carbocycles. The lowest BCUT2D eigenvalue weighted by Crippen LogP contribution is -2.18. The number of benzene rings is 2. The second-order valence-corrected chi connectivity index (χ2v) is 7.52.